The molecule has 1 N–H and O–H groups in total. The highest BCUT2D eigenvalue weighted by Gasteiger charge is 2.07. The summed E-state index contributed by atoms with van der Waals surface area (Å²) in [4.78, 5) is 17.2. The van der Waals surface area contributed by atoms with Crippen LogP contribution in [0.3, 0.4) is 0 Å². The second-order valence-corrected chi connectivity index (χ2v) is 3.59. The first-order valence-corrected chi connectivity index (χ1v) is 5.55. The lowest BCUT2D eigenvalue weighted by atomic mass is 10.4. The molecule has 0 aliphatic rings. The predicted octanol–water partition coefficient (Wildman–Crippen LogP) is 0.805. The molecule has 16 heavy (non-hydrogen) atoms. The summed E-state index contributed by atoms with van der Waals surface area (Å²) >= 11 is 0. The fraction of sp³-hybridized carbons (Fsp3) is 0.636. The van der Waals surface area contributed by atoms with Gasteiger partial charge in [-0.15, -0.1) is 0 Å². The van der Waals surface area contributed by atoms with E-state index in [-0.39, 0.29) is 5.91 Å². The Hall–Kier alpha value is -1.36. The molecule has 0 fully saturated rings. The molecule has 0 bridgehead atoms. The molecule has 0 saturated carbocycles. The van der Waals surface area contributed by atoms with Gasteiger partial charge in [-0.05, 0) is 6.92 Å². The maximum absolute atomic E-state index is 11.4. The third-order valence-corrected chi connectivity index (χ3v) is 2.40. The fourth-order valence-electron chi connectivity index (χ4n) is 1.18. The van der Waals surface area contributed by atoms with Crippen LogP contribution in [0.5, 0.6) is 0 Å². The number of carbonyl (C=O) groups is 1. The Balaban J connectivity index is 2.27. The highest BCUT2D eigenvalue weighted by molar-refractivity contribution is 5.77. The van der Waals surface area contributed by atoms with E-state index in [1.165, 1.54) is 0 Å². The molecular weight excluding hydrogens is 206 g/mol. The van der Waals surface area contributed by atoms with Gasteiger partial charge in [0, 0.05) is 20.0 Å². The van der Waals surface area contributed by atoms with Gasteiger partial charge in [-0.3, -0.25) is 10.1 Å². The Morgan fingerprint density at radius 1 is 1.56 bits per heavy atom. The maximum atomic E-state index is 11.4. The molecule has 1 heterocycles. The van der Waals surface area contributed by atoms with Crippen LogP contribution in [0.15, 0.2) is 10.6 Å². The summed E-state index contributed by atoms with van der Waals surface area (Å²) in [5.41, 5.74) is 0. The van der Waals surface area contributed by atoms with Crippen LogP contribution in [0.1, 0.15) is 25.5 Å². The first-order valence-electron chi connectivity index (χ1n) is 5.55. The molecule has 90 valence electrons. The molecule has 1 aromatic heterocycles. The summed E-state index contributed by atoms with van der Waals surface area (Å²) in [6.45, 7) is 5.48. The largest absolute Gasteiger partial charge is 0.444 e. The number of rotatable bonds is 6. The first kappa shape index (κ1) is 12.7. The topological polar surface area (TPSA) is 58.4 Å². The van der Waals surface area contributed by atoms with E-state index in [9.17, 15) is 4.79 Å². The predicted molar refractivity (Wildman–Crippen MR) is 60.9 cm³/mol. The summed E-state index contributed by atoms with van der Waals surface area (Å²) in [5, 5.41) is 3.01. The molecule has 1 aromatic rings. The second-order valence-electron chi connectivity index (χ2n) is 3.59. The molecule has 5 heteroatoms. The summed E-state index contributed by atoms with van der Waals surface area (Å²) in [6, 6.07) is 0. The molecule has 5 nitrogen and oxygen atoms in total. The van der Waals surface area contributed by atoms with E-state index in [0.29, 0.717) is 19.0 Å². The van der Waals surface area contributed by atoms with E-state index in [1.807, 2.05) is 13.8 Å². The maximum Gasteiger partial charge on any atom is 0.236 e. The number of nitrogens with one attached hydrogen (secondary N) is 1. The molecule has 0 aliphatic carbocycles. The highest BCUT2D eigenvalue weighted by Crippen LogP contribution is 2.03. The van der Waals surface area contributed by atoms with Gasteiger partial charge < -0.3 is 9.32 Å². The Kier molecular flexibility index (Phi) is 4.98. The van der Waals surface area contributed by atoms with Gasteiger partial charge in [0.2, 0.25) is 11.8 Å². The zero-order valence-corrected chi connectivity index (χ0v) is 10.1. The van der Waals surface area contributed by atoms with Crippen LogP contribution < -0.4 is 5.32 Å². The van der Waals surface area contributed by atoms with Crippen molar-refractivity contribution in [1.82, 2.24) is 15.2 Å². The molecule has 1 amide bonds. The Bertz CT molecular complexity index is 336. The minimum absolute atomic E-state index is 0.0739. The van der Waals surface area contributed by atoms with Crippen molar-refractivity contribution in [2.45, 2.75) is 26.8 Å². The normalized spacial score (nSPS) is 10.4. The van der Waals surface area contributed by atoms with E-state index < -0.39 is 0 Å². The van der Waals surface area contributed by atoms with Gasteiger partial charge in [-0.2, -0.15) is 0 Å². The van der Waals surface area contributed by atoms with Crippen molar-refractivity contribution in [2.24, 2.45) is 0 Å². The van der Waals surface area contributed by atoms with E-state index in [4.69, 9.17) is 4.42 Å². The van der Waals surface area contributed by atoms with Crippen molar-refractivity contribution >= 4 is 5.91 Å². The van der Waals surface area contributed by atoms with Crippen LogP contribution >= 0.6 is 0 Å². The lowest BCUT2D eigenvalue weighted by Gasteiger charge is -2.14. The van der Waals surface area contributed by atoms with E-state index in [2.05, 4.69) is 10.3 Å². The number of amides is 1. The molecule has 0 aromatic carbocycles. The Morgan fingerprint density at radius 2 is 2.31 bits per heavy atom. The third kappa shape index (κ3) is 3.66. The number of aryl methyl sites for hydroxylation is 1. The quantitative estimate of drug-likeness (QED) is 0.778. The zero-order chi connectivity index (χ0) is 12.0. The average molecular weight is 225 g/mol. The second kappa shape index (κ2) is 6.27. The van der Waals surface area contributed by atoms with E-state index in [0.717, 1.165) is 18.7 Å². The van der Waals surface area contributed by atoms with Crippen molar-refractivity contribution in [3.63, 3.8) is 0 Å². The number of hydrogen-bond acceptors (Lipinski definition) is 4. The lowest BCUT2D eigenvalue weighted by Crippen LogP contribution is -2.35. The monoisotopic (exact) mass is 225 g/mol. The number of hydrogen-bond donors (Lipinski definition) is 1. The molecule has 0 radical (unpaired) electrons. The SMILES string of the molecule is CCc1cnc(CNCC(=O)N(C)CC)o1. The molecule has 0 saturated heterocycles. The minimum Gasteiger partial charge on any atom is -0.444 e. The summed E-state index contributed by atoms with van der Waals surface area (Å²) in [6.07, 6.45) is 2.56. The van der Waals surface area contributed by atoms with Crippen LogP contribution in [-0.2, 0) is 17.8 Å². The zero-order valence-electron chi connectivity index (χ0n) is 10.1. The Labute approximate surface area is 95.8 Å². The van der Waals surface area contributed by atoms with Crippen molar-refractivity contribution in [2.75, 3.05) is 20.1 Å². The first-order chi connectivity index (χ1) is 7.67. The third-order valence-electron chi connectivity index (χ3n) is 2.40. The number of aromatic nitrogens is 1. The molecule has 0 spiro atoms. The van der Waals surface area contributed by atoms with Gasteiger partial charge in [0.05, 0.1) is 19.3 Å². The van der Waals surface area contributed by atoms with Crippen LogP contribution in [0.4, 0.5) is 0 Å². The van der Waals surface area contributed by atoms with Gasteiger partial charge in [-0.25, -0.2) is 4.98 Å². The van der Waals surface area contributed by atoms with Crippen LogP contribution in [-0.4, -0.2) is 35.9 Å². The van der Waals surface area contributed by atoms with E-state index in [1.54, 1.807) is 18.1 Å². The standard InChI is InChI=1S/C11H19N3O2/c1-4-9-6-13-10(16-9)7-12-8-11(15)14(3)5-2/h6,12H,4-5,7-8H2,1-3H3. The molecule has 1 rings (SSSR count). The number of nitrogens with zero attached hydrogens (tertiary/aromatic N) is 2. The van der Waals surface area contributed by atoms with Gasteiger partial charge in [-0.1, -0.05) is 6.92 Å². The van der Waals surface area contributed by atoms with Crippen LogP contribution in [0, 0.1) is 0 Å². The van der Waals surface area contributed by atoms with Crippen LogP contribution in [0.2, 0.25) is 0 Å². The van der Waals surface area contributed by atoms with Gasteiger partial charge in [0.15, 0.2) is 0 Å². The smallest absolute Gasteiger partial charge is 0.236 e. The average Bonchev–Trinajstić information content (AvgIpc) is 2.75. The van der Waals surface area contributed by atoms with Gasteiger partial charge in [0.25, 0.3) is 0 Å². The van der Waals surface area contributed by atoms with Crippen molar-refractivity contribution in [1.29, 1.82) is 0 Å². The number of carbonyl (C=O) groups excluding carboxylic acids is 1. The van der Waals surface area contributed by atoms with Crippen molar-refractivity contribution in [3.8, 4) is 0 Å². The van der Waals surface area contributed by atoms with E-state index >= 15 is 0 Å². The lowest BCUT2D eigenvalue weighted by molar-refractivity contribution is -0.128. The van der Waals surface area contributed by atoms with Crippen molar-refractivity contribution in [3.05, 3.63) is 17.8 Å². The Morgan fingerprint density at radius 3 is 2.88 bits per heavy atom. The van der Waals surface area contributed by atoms with Gasteiger partial charge in [0.1, 0.15) is 5.76 Å². The molecule has 0 unspecified atom stereocenters. The minimum atomic E-state index is 0.0739. The summed E-state index contributed by atoms with van der Waals surface area (Å²) in [5.74, 6) is 1.57. The molecule has 0 aliphatic heterocycles. The fourth-order valence-corrected chi connectivity index (χ4v) is 1.18. The summed E-state index contributed by atoms with van der Waals surface area (Å²) < 4.78 is 5.40. The molecule has 0 atom stereocenters. The van der Waals surface area contributed by atoms with Gasteiger partial charge >= 0.3 is 0 Å². The molecular formula is C11H19N3O2. The van der Waals surface area contributed by atoms with Crippen LogP contribution in [0.25, 0.3) is 0 Å². The van der Waals surface area contributed by atoms with Crippen molar-refractivity contribution < 1.29 is 9.21 Å². The summed E-state index contributed by atoms with van der Waals surface area (Å²) in [7, 11) is 1.78. The number of likely N-dealkylation sites (N-methyl/N-ethyl adjacent to an activating group) is 1. The number of oxazole rings is 1. The highest BCUT2D eigenvalue weighted by atomic mass is 16.4.